The van der Waals surface area contributed by atoms with Gasteiger partial charge in [0.1, 0.15) is 5.60 Å². The molecular weight excluding hydrogens is 147 g/mol. The summed E-state index contributed by atoms with van der Waals surface area (Å²) in [6.45, 7) is 6.94. The zero-order chi connectivity index (χ0) is 8.41. The van der Waals surface area contributed by atoms with Gasteiger partial charge in [0.2, 0.25) is 7.12 Å². The minimum atomic E-state index is -0.876. The van der Waals surface area contributed by atoms with Crippen LogP contribution < -0.4 is 0 Å². The molecule has 0 atom stereocenters. The normalized spacial score (nSPS) is 13.7. The summed E-state index contributed by atoms with van der Waals surface area (Å²) < 4.78 is 5.04. The van der Waals surface area contributed by atoms with E-state index in [9.17, 15) is 5.11 Å². The molecule has 2 radical (unpaired) electrons. The molecular formula is C6H13BO2S. The van der Waals surface area contributed by atoms with Gasteiger partial charge in [-0.2, -0.15) is 0 Å². The van der Waals surface area contributed by atoms with E-state index in [-0.39, 0.29) is 0 Å². The third kappa shape index (κ3) is 2.52. The van der Waals surface area contributed by atoms with E-state index in [1.165, 1.54) is 0 Å². The van der Waals surface area contributed by atoms with Crippen LogP contribution in [0.4, 0.5) is 0 Å². The van der Waals surface area contributed by atoms with Crippen LogP contribution in [0.3, 0.4) is 0 Å². The molecule has 0 heterocycles. The van der Waals surface area contributed by atoms with E-state index in [2.05, 4.69) is 0 Å². The first kappa shape index (κ1) is 10.3. The van der Waals surface area contributed by atoms with E-state index in [4.69, 9.17) is 11.3 Å². The fraction of sp³-hybridized carbons (Fsp3) is 1.00. The van der Waals surface area contributed by atoms with Crippen molar-refractivity contribution in [2.45, 2.75) is 38.9 Å². The fourth-order valence-electron chi connectivity index (χ4n) is 0.222. The zero-order valence-electron chi connectivity index (χ0n) is 6.84. The highest BCUT2D eigenvalue weighted by atomic mass is 32.2. The van der Waals surface area contributed by atoms with Gasteiger partial charge in [0, 0.05) is 0 Å². The standard InChI is InChI=1S/C6H13BO2S/c1-5(2,8)6(3,4)9-10-7/h8H,1-4H3. The molecule has 0 rings (SSSR count). The average Bonchev–Trinajstić information content (AvgIpc) is 1.61. The molecule has 0 fully saturated rings. The fourth-order valence-corrected chi connectivity index (χ4v) is 0.667. The Morgan fingerprint density at radius 3 is 1.80 bits per heavy atom. The van der Waals surface area contributed by atoms with E-state index in [0.29, 0.717) is 0 Å². The van der Waals surface area contributed by atoms with Crippen LogP contribution in [0.1, 0.15) is 27.7 Å². The van der Waals surface area contributed by atoms with E-state index < -0.39 is 11.2 Å². The Hall–Kier alpha value is 0.335. The molecule has 0 saturated carbocycles. The Balaban J connectivity index is 4.10. The van der Waals surface area contributed by atoms with Crippen LogP contribution in [0.15, 0.2) is 0 Å². The largest absolute Gasteiger partial charge is 0.387 e. The summed E-state index contributed by atoms with van der Waals surface area (Å²) in [4.78, 5) is 0. The number of rotatable bonds is 3. The molecule has 0 amide bonds. The van der Waals surface area contributed by atoms with Crippen molar-refractivity contribution in [3.05, 3.63) is 0 Å². The van der Waals surface area contributed by atoms with Gasteiger partial charge in [-0.25, -0.2) is 0 Å². The van der Waals surface area contributed by atoms with Crippen LogP contribution in [-0.4, -0.2) is 23.4 Å². The second-order valence-corrected chi connectivity index (χ2v) is 3.61. The molecule has 4 heteroatoms. The molecule has 0 saturated heterocycles. The van der Waals surface area contributed by atoms with Crippen LogP contribution in [0, 0.1) is 0 Å². The third-order valence-corrected chi connectivity index (χ3v) is 2.24. The van der Waals surface area contributed by atoms with Crippen molar-refractivity contribution >= 4 is 19.0 Å². The Morgan fingerprint density at radius 2 is 1.70 bits per heavy atom. The molecule has 0 aliphatic carbocycles. The molecule has 0 aromatic heterocycles. The minimum Gasteiger partial charge on any atom is -0.387 e. The Bertz CT molecular complexity index is 109. The molecule has 0 aliphatic heterocycles. The van der Waals surface area contributed by atoms with Crippen molar-refractivity contribution in [2.75, 3.05) is 0 Å². The quantitative estimate of drug-likeness (QED) is 0.498. The van der Waals surface area contributed by atoms with Crippen molar-refractivity contribution < 1.29 is 9.29 Å². The molecule has 0 aromatic carbocycles. The molecule has 58 valence electrons. The summed E-state index contributed by atoms with van der Waals surface area (Å²) in [6, 6.07) is 0. The number of hydrogen-bond donors (Lipinski definition) is 1. The maximum atomic E-state index is 9.48. The van der Waals surface area contributed by atoms with Crippen LogP contribution in [0.2, 0.25) is 0 Å². The zero-order valence-corrected chi connectivity index (χ0v) is 7.66. The number of aliphatic hydroxyl groups is 1. The van der Waals surface area contributed by atoms with Crippen molar-refractivity contribution in [1.82, 2.24) is 0 Å². The first-order chi connectivity index (χ1) is 4.31. The van der Waals surface area contributed by atoms with Gasteiger partial charge < -0.3 is 9.29 Å². The molecule has 0 aliphatic rings. The molecule has 2 nitrogen and oxygen atoms in total. The van der Waals surface area contributed by atoms with Crippen LogP contribution in [0.25, 0.3) is 0 Å². The molecule has 0 spiro atoms. The van der Waals surface area contributed by atoms with Crippen LogP contribution in [0.5, 0.6) is 0 Å². The van der Waals surface area contributed by atoms with Gasteiger partial charge in [0.25, 0.3) is 0 Å². The lowest BCUT2D eigenvalue weighted by Crippen LogP contribution is -2.45. The lowest BCUT2D eigenvalue weighted by Gasteiger charge is -2.35. The maximum absolute atomic E-state index is 9.48. The highest BCUT2D eigenvalue weighted by Gasteiger charge is 2.36. The van der Waals surface area contributed by atoms with Gasteiger partial charge in [-0.3, -0.25) is 0 Å². The lowest BCUT2D eigenvalue weighted by atomic mass is 9.90. The van der Waals surface area contributed by atoms with E-state index in [1.807, 2.05) is 0 Å². The van der Waals surface area contributed by atoms with Crippen molar-refractivity contribution in [3.8, 4) is 0 Å². The summed E-state index contributed by atoms with van der Waals surface area (Å²) in [6.07, 6.45) is 0. The second-order valence-electron chi connectivity index (χ2n) is 3.25. The van der Waals surface area contributed by atoms with Crippen molar-refractivity contribution in [1.29, 1.82) is 0 Å². The average molecular weight is 160 g/mol. The van der Waals surface area contributed by atoms with Gasteiger partial charge in [0.15, 0.2) is 0 Å². The van der Waals surface area contributed by atoms with E-state index in [1.54, 1.807) is 27.7 Å². The summed E-state index contributed by atoms with van der Waals surface area (Å²) in [5.41, 5.74) is -1.49. The van der Waals surface area contributed by atoms with Gasteiger partial charge >= 0.3 is 0 Å². The Morgan fingerprint density at radius 1 is 1.30 bits per heavy atom. The van der Waals surface area contributed by atoms with Crippen LogP contribution >= 0.6 is 11.9 Å². The molecule has 0 bridgehead atoms. The highest BCUT2D eigenvalue weighted by Crippen LogP contribution is 2.27. The predicted octanol–water partition coefficient (Wildman–Crippen LogP) is 1.28. The van der Waals surface area contributed by atoms with Gasteiger partial charge in [-0.1, -0.05) is 11.9 Å². The molecule has 0 unspecified atom stereocenters. The second kappa shape index (κ2) is 3.16. The third-order valence-electron chi connectivity index (χ3n) is 1.73. The smallest absolute Gasteiger partial charge is 0.203 e. The topological polar surface area (TPSA) is 29.5 Å². The number of hydrogen-bond acceptors (Lipinski definition) is 3. The van der Waals surface area contributed by atoms with Gasteiger partial charge in [-0.15, -0.1) is 0 Å². The molecule has 0 aromatic rings. The van der Waals surface area contributed by atoms with Gasteiger partial charge in [0.05, 0.1) is 5.60 Å². The van der Waals surface area contributed by atoms with Crippen LogP contribution in [-0.2, 0) is 4.18 Å². The SMILES string of the molecule is [B]SOC(C)(C)C(C)(C)O. The van der Waals surface area contributed by atoms with Crippen molar-refractivity contribution in [3.63, 3.8) is 0 Å². The monoisotopic (exact) mass is 160 g/mol. The summed E-state index contributed by atoms with van der Waals surface area (Å²) in [5.74, 6) is 0. The van der Waals surface area contributed by atoms with E-state index >= 15 is 0 Å². The first-order valence-corrected chi connectivity index (χ1v) is 3.88. The maximum Gasteiger partial charge on any atom is 0.203 e. The molecule has 10 heavy (non-hydrogen) atoms. The lowest BCUT2D eigenvalue weighted by molar-refractivity contribution is -0.0805. The highest BCUT2D eigenvalue weighted by molar-refractivity contribution is 8.15. The Labute approximate surface area is 67.9 Å². The summed E-state index contributed by atoms with van der Waals surface area (Å²) in [5, 5.41) is 9.48. The molecule has 1 N–H and O–H groups in total. The summed E-state index contributed by atoms with van der Waals surface area (Å²) in [7, 11) is 5.09. The first-order valence-electron chi connectivity index (χ1n) is 3.08. The van der Waals surface area contributed by atoms with Crippen molar-refractivity contribution in [2.24, 2.45) is 0 Å². The predicted molar refractivity (Wildman–Crippen MR) is 44.8 cm³/mol. The Kier molecular flexibility index (Phi) is 3.26. The minimum absolute atomic E-state index is 0.619. The van der Waals surface area contributed by atoms with Gasteiger partial charge in [-0.05, 0) is 27.7 Å². The summed E-state index contributed by atoms with van der Waals surface area (Å²) >= 11 is 0.775. The van der Waals surface area contributed by atoms with E-state index in [0.717, 1.165) is 11.9 Å².